The van der Waals surface area contributed by atoms with Crippen LogP contribution < -0.4 is 10.6 Å². The van der Waals surface area contributed by atoms with E-state index in [0.717, 1.165) is 70.8 Å². The molecular weight excluding hydrogens is 421 g/mol. The molecular formula is C26H38FN3O3. The summed E-state index contributed by atoms with van der Waals surface area (Å²) >= 11 is 0. The van der Waals surface area contributed by atoms with Crippen LogP contribution in [0.15, 0.2) is 24.3 Å². The van der Waals surface area contributed by atoms with Crippen molar-refractivity contribution in [1.29, 1.82) is 0 Å². The zero-order valence-corrected chi connectivity index (χ0v) is 19.8. The largest absolute Gasteiger partial charge is 0.351 e. The third-order valence-corrected chi connectivity index (χ3v) is 6.91. The van der Waals surface area contributed by atoms with Gasteiger partial charge >= 0.3 is 0 Å². The summed E-state index contributed by atoms with van der Waals surface area (Å²) in [5.74, 6) is -0.695. The Morgan fingerprint density at radius 1 is 0.939 bits per heavy atom. The van der Waals surface area contributed by atoms with Gasteiger partial charge in [0.05, 0.1) is 5.92 Å². The first-order valence-electron chi connectivity index (χ1n) is 12.6. The van der Waals surface area contributed by atoms with Crippen molar-refractivity contribution in [2.75, 3.05) is 13.1 Å². The smallest absolute Gasteiger partial charge is 0.251 e. The normalized spacial score (nSPS) is 23.1. The van der Waals surface area contributed by atoms with Crippen LogP contribution in [0.5, 0.6) is 0 Å². The zero-order valence-electron chi connectivity index (χ0n) is 19.8. The third kappa shape index (κ3) is 7.54. The number of likely N-dealkylation sites (tertiary alicyclic amines) is 1. The topological polar surface area (TPSA) is 78.5 Å². The number of amides is 3. The standard InChI is InChI=1S/C26H38FN3O3/c1-2-3-4-5-12-24(31)30-17-8-9-20(18-30)26(33)29-23-11-7-6-10-22(23)28-25(32)19-13-15-21(27)16-14-19/h13-16,20,22-23H,2-12,17-18H2,1H3,(H,28,32)(H,29,33)/t20?,22-,23-/m1/s1. The first kappa shape index (κ1) is 25.2. The molecule has 1 saturated carbocycles. The quantitative estimate of drug-likeness (QED) is 0.544. The summed E-state index contributed by atoms with van der Waals surface area (Å²) in [4.78, 5) is 40.1. The van der Waals surface area contributed by atoms with Crippen molar-refractivity contribution in [2.45, 2.75) is 89.6 Å². The number of nitrogens with one attached hydrogen (secondary N) is 2. The van der Waals surface area contributed by atoms with Crippen molar-refractivity contribution < 1.29 is 18.8 Å². The van der Waals surface area contributed by atoms with Crippen molar-refractivity contribution >= 4 is 17.7 Å². The van der Waals surface area contributed by atoms with Gasteiger partial charge in [0.15, 0.2) is 0 Å². The lowest BCUT2D eigenvalue weighted by Crippen LogP contribution is -2.55. The van der Waals surface area contributed by atoms with Gasteiger partial charge in [-0.15, -0.1) is 0 Å². The second-order valence-electron chi connectivity index (χ2n) is 9.48. The number of benzene rings is 1. The van der Waals surface area contributed by atoms with Crippen LogP contribution in [-0.2, 0) is 9.59 Å². The van der Waals surface area contributed by atoms with Gasteiger partial charge in [-0.2, -0.15) is 0 Å². The van der Waals surface area contributed by atoms with Gasteiger partial charge in [-0.25, -0.2) is 4.39 Å². The molecule has 3 rings (SSSR count). The van der Waals surface area contributed by atoms with Crippen molar-refractivity contribution in [3.8, 4) is 0 Å². The van der Waals surface area contributed by atoms with Crippen LogP contribution >= 0.6 is 0 Å². The molecule has 6 nitrogen and oxygen atoms in total. The number of hydrogen-bond donors (Lipinski definition) is 2. The second kappa shape index (κ2) is 12.7. The number of carbonyl (C=O) groups is 3. The number of halogens is 1. The molecule has 1 aromatic rings. The molecule has 182 valence electrons. The Morgan fingerprint density at radius 2 is 1.64 bits per heavy atom. The van der Waals surface area contributed by atoms with Crippen LogP contribution in [0, 0.1) is 11.7 Å². The van der Waals surface area contributed by atoms with Crippen molar-refractivity contribution in [3.05, 3.63) is 35.6 Å². The number of nitrogens with zero attached hydrogens (tertiary/aromatic N) is 1. The molecule has 1 aliphatic heterocycles. The highest BCUT2D eigenvalue weighted by molar-refractivity contribution is 5.94. The van der Waals surface area contributed by atoms with E-state index in [1.54, 1.807) is 0 Å². The van der Waals surface area contributed by atoms with Crippen LogP contribution in [-0.4, -0.2) is 47.8 Å². The second-order valence-corrected chi connectivity index (χ2v) is 9.48. The molecule has 1 aromatic carbocycles. The maximum absolute atomic E-state index is 13.2. The van der Waals surface area contributed by atoms with Gasteiger partial charge in [-0.05, 0) is 56.4 Å². The molecule has 1 heterocycles. The van der Waals surface area contributed by atoms with E-state index in [2.05, 4.69) is 17.6 Å². The monoisotopic (exact) mass is 459 g/mol. The van der Waals surface area contributed by atoms with Gasteiger partial charge in [0.25, 0.3) is 5.91 Å². The molecule has 2 fully saturated rings. The molecule has 0 bridgehead atoms. The van der Waals surface area contributed by atoms with E-state index in [0.29, 0.717) is 18.5 Å². The number of unbranched alkanes of at least 4 members (excludes halogenated alkanes) is 3. The van der Waals surface area contributed by atoms with Gasteiger partial charge in [0.1, 0.15) is 5.82 Å². The maximum Gasteiger partial charge on any atom is 0.251 e. The molecule has 0 radical (unpaired) electrons. The van der Waals surface area contributed by atoms with Gasteiger partial charge in [0, 0.05) is 37.2 Å². The molecule has 0 spiro atoms. The Labute approximate surface area is 196 Å². The highest BCUT2D eigenvalue weighted by Crippen LogP contribution is 2.22. The van der Waals surface area contributed by atoms with E-state index >= 15 is 0 Å². The number of piperidine rings is 1. The Kier molecular flexibility index (Phi) is 9.70. The molecule has 2 aliphatic rings. The van der Waals surface area contributed by atoms with Gasteiger partial charge in [-0.1, -0.05) is 39.0 Å². The summed E-state index contributed by atoms with van der Waals surface area (Å²) < 4.78 is 13.2. The van der Waals surface area contributed by atoms with Crippen LogP contribution in [0.1, 0.15) is 87.9 Å². The fourth-order valence-corrected chi connectivity index (χ4v) is 4.91. The van der Waals surface area contributed by atoms with Crippen LogP contribution in [0.3, 0.4) is 0 Å². The summed E-state index contributed by atoms with van der Waals surface area (Å²) in [7, 11) is 0. The summed E-state index contributed by atoms with van der Waals surface area (Å²) in [6.07, 6.45) is 10.1. The van der Waals surface area contributed by atoms with Crippen molar-refractivity contribution in [1.82, 2.24) is 15.5 Å². The minimum absolute atomic E-state index is 0.0218. The van der Waals surface area contributed by atoms with E-state index in [9.17, 15) is 18.8 Å². The summed E-state index contributed by atoms with van der Waals surface area (Å²) in [5.41, 5.74) is 0.410. The maximum atomic E-state index is 13.2. The van der Waals surface area contributed by atoms with E-state index in [4.69, 9.17) is 0 Å². The van der Waals surface area contributed by atoms with Gasteiger partial charge in [-0.3, -0.25) is 14.4 Å². The molecule has 0 aromatic heterocycles. The molecule has 3 atom stereocenters. The first-order valence-corrected chi connectivity index (χ1v) is 12.6. The number of hydrogen-bond acceptors (Lipinski definition) is 3. The number of rotatable bonds is 9. The molecule has 1 aliphatic carbocycles. The average molecular weight is 460 g/mol. The third-order valence-electron chi connectivity index (χ3n) is 6.91. The van der Waals surface area contributed by atoms with Crippen LogP contribution in [0.25, 0.3) is 0 Å². The lowest BCUT2D eigenvalue weighted by molar-refractivity contribution is -0.136. The zero-order chi connectivity index (χ0) is 23.6. The Balaban J connectivity index is 1.52. The van der Waals surface area contributed by atoms with Gasteiger partial charge in [0.2, 0.25) is 11.8 Å². The Bertz CT molecular complexity index is 798. The van der Waals surface area contributed by atoms with Crippen molar-refractivity contribution in [2.24, 2.45) is 5.92 Å². The van der Waals surface area contributed by atoms with Crippen molar-refractivity contribution in [3.63, 3.8) is 0 Å². The molecule has 33 heavy (non-hydrogen) atoms. The first-order chi connectivity index (χ1) is 16.0. The summed E-state index contributed by atoms with van der Waals surface area (Å²) in [6.45, 7) is 3.37. The Morgan fingerprint density at radius 3 is 2.33 bits per heavy atom. The minimum atomic E-state index is -0.379. The summed E-state index contributed by atoms with van der Waals surface area (Å²) in [6, 6.07) is 5.20. The summed E-state index contributed by atoms with van der Waals surface area (Å²) in [5, 5.41) is 6.21. The molecule has 3 amide bonds. The average Bonchev–Trinajstić information content (AvgIpc) is 2.83. The fourth-order valence-electron chi connectivity index (χ4n) is 4.91. The van der Waals surface area contributed by atoms with E-state index in [-0.39, 0.29) is 41.5 Å². The van der Waals surface area contributed by atoms with E-state index in [1.807, 2.05) is 4.90 Å². The predicted octanol–water partition coefficient (Wildman–Crippen LogP) is 4.19. The molecule has 2 N–H and O–H groups in total. The fraction of sp³-hybridized carbons (Fsp3) is 0.654. The van der Waals surface area contributed by atoms with Crippen LogP contribution in [0.4, 0.5) is 4.39 Å². The Hall–Kier alpha value is -2.44. The SMILES string of the molecule is CCCCCCC(=O)N1CCCC(C(=O)N[C@@H]2CCCC[C@H]2NC(=O)c2ccc(F)cc2)C1. The van der Waals surface area contributed by atoms with Crippen LogP contribution in [0.2, 0.25) is 0 Å². The predicted molar refractivity (Wildman–Crippen MR) is 126 cm³/mol. The lowest BCUT2D eigenvalue weighted by Gasteiger charge is -2.36. The van der Waals surface area contributed by atoms with E-state index in [1.165, 1.54) is 24.3 Å². The van der Waals surface area contributed by atoms with E-state index < -0.39 is 0 Å². The number of carbonyl (C=O) groups excluding carboxylic acids is 3. The highest BCUT2D eigenvalue weighted by Gasteiger charge is 2.33. The van der Waals surface area contributed by atoms with Gasteiger partial charge < -0.3 is 15.5 Å². The highest BCUT2D eigenvalue weighted by atomic mass is 19.1. The molecule has 1 saturated heterocycles. The lowest BCUT2D eigenvalue weighted by atomic mass is 9.88. The molecule has 7 heteroatoms. The minimum Gasteiger partial charge on any atom is -0.351 e. The molecule has 1 unspecified atom stereocenters.